The molecular formula is C12H15Cl2GeZr-. The van der Waals surface area contributed by atoms with Crippen LogP contribution in [0.15, 0.2) is 36.4 Å². The van der Waals surface area contributed by atoms with E-state index in [0.717, 1.165) is 0 Å². The zero-order valence-corrected chi connectivity index (χ0v) is 15.8. The summed E-state index contributed by atoms with van der Waals surface area (Å²) in [4.78, 5) is 0. The van der Waals surface area contributed by atoms with E-state index in [1.54, 1.807) is 4.40 Å². The van der Waals surface area contributed by atoms with E-state index in [9.17, 15) is 0 Å². The molecule has 86 valence electrons. The van der Waals surface area contributed by atoms with E-state index in [0.29, 0.717) is 0 Å². The number of benzene rings is 1. The van der Waals surface area contributed by atoms with E-state index in [1.807, 2.05) is 0 Å². The Morgan fingerprint density at radius 3 is 2.25 bits per heavy atom. The van der Waals surface area contributed by atoms with Crippen LogP contribution >= 0.6 is 17.0 Å². The molecule has 2 rings (SSSR count). The van der Waals surface area contributed by atoms with Crippen LogP contribution in [0.3, 0.4) is 0 Å². The van der Waals surface area contributed by atoms with Crippen LogP contribution in [0.1, 0.15) is 0 Å². The van der Waals surface area contributed by atoms with Crippen molar-refractivity contribution in [3.05, 3.63) is 36.4 Å². The first kappa shape index (κ1) is 14.9. The molecule has 4 heteroatoms. The Morgan fingerprint density at radius 1 is 1.12 bits per heavy atom. The van der Waals surface area contributed by atoms with Crippen molar-refractivity contribution < 1.29 is 20.8 Å². The average molecular weight is 394 g/mol. The van der Waals surface area contributed by atoms with Gasteiger partial charge < -0.3 is 0 Å². The molecule has 0 radical (unpaired) electrons. The van der Waals surface area contributed by atoms with E-state index < -0.39 is 34.1 Å². The van der Waals surface area contributed by atoms with Crippen LogP contribution in [0, 0.1) is 0 Å². The minimum atomic E-state index is -1.64. The van der Waals surface area contributed by atoms with Gasteiger partial charge in [0.2, 0.25) is 0 Å². The summed E-state index contributed by atoms with van der Waals surface area (Å²) >= 11 is -2.46. The molecule has 2 aromatic carbocycles. The number of halogens is 2. The first-order valence-corrected chi connectivity index (χ1v) is 18.8. The fourth-order valence-corrected chi connectivity index (χ4v) is 5.20. The average Bonchev–Trinajstić information content (AvgIpc) is 2.61. The molecule has 0 aliphatic carbocycles. The van der Waals surface area contributed by atoms with Crippen LogP contribution < -0.4 is 4.40 Å². The number of hydrogen-bond acceptors (Lipinski definition) is 0. The van der Waals surface area contributed by atoms with Crippen LogP contribution in [0.5, 0.6) is 0 Å². The Morgan fingerprint density at radius 2 is 1.69 bits per heavy atom. The van der Waals surface area contributed by atoms with E-state index in [4.69, 9.17) is 17.0 Å². The van der Waals surface area contributed by atoms with E-state index >= 15 is 0 Å². The van der Waals surface area contributed by atoms with E-state index in [-0.39, 0.29) is 0 Å². The van der Waals surface area contributed by atoms with Crippen LogP contribution in [0.25, 0.3) is 10.8 Å². The summed E-state index contributed by atoms with van der Waals surface area (Å²) in [5.41, 5.74) is 0. The molecular weight excluding hydrogens is 379 g/mol. The van der Waals surface area contributed by atoms with Crippen LogP contribution in [0.2, 0.25) is 17.3 Å². The Kier molecular flexibility index (Phi) is 6.22. The molecule has 0 aliphatic rings. The zero-order chi connectivity index (χ0) is 12.2. The van der Waals surface area contributed by atoms with E-state index in [2.05, 4.69) is 53.7 Å². The normalized spacial score (nSPS) is 10.8. The van der Waals surface area contributed by atoms with Crippen molar-refractivity contribution in [2.24, 2.45) is 0 Å². The van der Waals surface area contributed by atoms with Gasteiger partial charge in [-0.2, -0.15) is 0 Å². The third-order valence-electron chi connectivity index (χ3n) is 2.49. The molecule has 0 atom stereocenters. The third kappa shape index (κ3) is 3.94. The van der Waals surface area contributed by atoms with Crippen LogP contribution in [-0.4, -0.2) is 13.3 Å². The summed E-state index contributed by atoms with van der Waals surface area (Å²) in [5.74, 6) is 7.34. The first-order chi connectivity index (χ1) is 7.50. The van der Waals surface area contributed by atoms with Crippen LogP contribution in [-0.2, 0) is 20.8 Å². The molecule has 0 unspecified atom stereocenters. The molecule has 0 aromatic heterocycles. The molecule has 0 saturated carbocycles. The molecule has 0 nitrogen and oxygen atoms in total. The summed E-state index contributed by atoms with van der Waals surface area (Å²) in [7, 11) is 9.87. The van der Waals surface area contributed by atoms with Gasteiger partial charge in [-0.1, -0.05) is 0 Å². The third-order valence-corrected chi connectivity index (χ3v) is 6.79. The fraction of sp³-hybridized carbons (Fsp3) is 0.250. The fourth-order valence-electron chi connectivity index (χ4n) is 1.80. The second kappa shape index (κ2) is 6.68. The van der Waals surface area contributed by atoms with Gasteiger partial charge >= 0.3 is 120 Å². The van der Waals surface area contributed by atoms with Crippen LogP contribution in [0.4, 0.5) is 0 Å². The summed E-state index contributed by atoms with van der Waals surface area (Å²) < 4.78 is 1.63. The topological polar surface area (TPSA) is 0 Å². The summed E-state index contributed by atoms with van der Waals surface area (Å²) in [6.07, 6.45) is 0. The quantitative estimate of drug-likeness (QED) is 0.495. The maximum absolute atomic E-state index is 4.93. The Balaban J connectivity index is 0.000000386. The van der Waals surface area contributed by atoms with Crippen molar-refractivity contribution in [1.82, 2.24) is 0 Å². The van der Waals surface area contributed by atoms with Crippen molar-refractivity contribution in [3.63, 3.8) is 0 Å². The van der Waals surface area contributed by atoms with Gasteiger partial charge in [-0.15, -0.1) is 0 Å². The Bertz CT molecular complexity index is 445. The molecule has 0 N–H and O–H groups in total. The molecule has 0 aliphatic heterocycles. The minimum absolute atomic E-state index is 0.826. The SMILES string of the molecule is [CH3][Ge]([CH3])([CH3])[c]1c[cH-]c2ccccc12.[Cl][Zr][Cl]. The first-order valence-electron chi connectivity index (χ1n) is 5.12. The Labute approximate surface area is 119 Å². The molecule has 16 heavy (non-hydrogen) atoms. The van der Waals surface area contributed by atoms with Gasteiger partial charge in [0.15, 0.2) is 0 Å². The molecule has 0 amide bonds. The monoisotopic (exact) mass is 393 g/mol. The van der Waals surface area contributed by atoms with Crippen molar-refractivity contribution in [1.29, 1.82) is 0 Å². The van der Waals surface area contributed by atoms with Gasteiger partial charge in [-0.3, -0.25) is 0 Å². The van der Waals surface area contributed by atoms with Crippen molar-refractivity contribution >= 4 is 45.5 Å². The number of rotatable bonds is 1. The second-order valence-electron chi connectivity index (χ2n) is 4.66. The van der Waals surface area contributed by atoms with Gasteiger partial charge in [0, 0.05) is 0 Å². The predicted octanol–water partition coefficient (Wildman–Crippen LogP) is 4.48. The number of hydrogen-bond donors (Lipinski definition) is 0. The predicted molar refractivity (Wildman–Crippen MR) is 74.2 cm³/mol. The second-order valence-corrected chi connectivity index (χ2v) is 19.0. The molecule has 0 heterocycles. The summed E-state index contributed by atoms with van der Waals surface area (Å²) in [6, 6.07) is 13.3. The summed E-state index contributed by atoms with van der Waals surface area (Å²) in [5, 5.41) is 2.88. The van der Waals surface area contributed by atoms with Gasteiger partial charge in [-0.05, 0) is 0 Å². The van der Waals surface area contributed by atoms with Crippen molar-refractivity contribution in [3.8, 4) is 0 Å². The molecule has 0 saturated heterocycles. The summed E-state index contributed by atoms with van der Waals surface area (Å²) in [6.45, 7) is 0. The molecule has 0 fully saturated rings. The van der Waals surface area contributed by atoms with E-state index in [1.165, 1.54) is 10.8 Å². The Hall–Kier alpha value is 0.836. The van der Waals surface area contributed by atoms with Gasteiger partial charge in [0.05, 0.1) is 0 Å². The van der Waals surface area contributed by atoms with Gasteiger partial charge in [-0.25, -0.2) is 0 Å². The van der Waals surface area contributed by atoms with Gasteiger partial charge in [0.25, 0.3) is 0 Å². The van der Waals surface area contributed by atoms with Gasteiger partial charge in [0.1, 0.15) is 0 Å². The van der Waals surface area contributed by atoms with Crippen molar-refractivity contribution in [2.75, 3.05) is 0 Å². The standard InChI is InChI=1S/C12H15Ge.2ClH.Zr/c1-13(2,3)12-9-8-10-6-4-5-7-11(10)12;;;/h4-9H,1-3H3;2*1H;/q-1;;;+2/p-2. The molecule has 0 bridgehead atoms. The zero-order valence-electron chi connectivity index (χ0n) is 9.72. The molecule has 2 aromatic rings. The maximum atomic E-state index is 4.93. The van der Waals surface area contributed by atoms with Crippen molar-refractivity contribution in [2.45, 2.75) is 17.3 Å². The molecule has 0 spiro atoms. The number of fused-ring (bicyclic) bond motifs is 1.